The number of ketones is 1. The van der Waals surface area contributed by atoms with Crippen LogP contribution >= 0.6 is 0 Å². The van der Waals surface area contributed by atoms with Gasteiger partial charge in [-0.05, 0) is 93.9 Å². The van der Waals surface area contributed by atoms with E-state index in [1.54, 1.807) is 0 Å². The van der Waals surface area contributed by atoms with E-state index in [1.165, 1.54) is 19.3 Å². The molecule has 2 heteroatoms. The quantitative estimate of drug-likeness (QED) is 0.689. The molecule has 0 atom stereocenters. The second kappa shape index (κ2) is 6.06. The van der Waals surface area contributed by atoms with Crippen molar-refractivity contribution in [3.8, 4) is 5.75 Å². The Hall–Kier alpha value is -1.57. The van der Waals surface area contributed by atoms with Crippen molar-refractivity contribution in [3.05, 3.63) is 35.9 Å². The van der Waals surface area contributed by atoms with Crippen LogP contribution in [-0.2, 0) is 4.79 Å². The third-order valence-corrected chi connectivity index (χ3v) is 6.24. The van der Waals surface area contributed by atoms with E-state index in [9.17, 15) is 4.79 Å². The molecular formula is C22H28O2. The Labute approximate surface area is 145 Å². The predicted molar refractivity (Wildman–Crippen MR) is 96.9 cm³/mol. The van der Waals surface area contributed by atoms with Gasteiger partial charge in [0.05, 0.1) is 6.10 Å². The molecule has 0 N–H and O–H groups in total. The summed E-state index contributed by atoms with van der Waals surface area (Å²) in [6.45, 7) is 4.05. The molecule has 0 saturated heterocycles. The Morgan fingerprint density at radius 3 is 2.08 bits per heavy atom. The zero-order valence-electron chi connectivity index (χ0n) is 14.8. The van der Waals surface area contributed by atoms with Crippen LogP contribution in [0.3, 0.4) is 0 Å². The second-order valence-corrected chi connectivity index (χ2v) is 8.63. The first-order chi connectivity index (χ1) is 11.5. The lowest BCUT2D eigenvalue weighted by atomic mass is 9.48. The number of carbonyl (C=O) groups excluding carboxylic acids is 1. The molecule has 1 aromatic rings. The highest BCUT2D eigenvalue weighted by Gasteiger charge is 2.53. The van der Waals surface area contributed by atoms with Crippen molar-refractivity contribution in [1.29, 1.82) is 0 Å². The van der Waals surface area contributed by atoms with Crippen LogP contribution < -0.4 is 4.74 Å². The van der Waals surface area contributed by atoms with Crippen molar-refractivity contribution in [2.24, 2.45) is 23.2 Å². The molecule has 0 radical (unpaired) electrons. The molecule has 0 aliphatic heterocycles. The number of rotatable bonds is 5. The summed E-state index contributed by atoms with van der Waals surface area (Å²) in [5.41, 5.74) is 1.05. The SMILES string of the molecule is CC(C)Oc1ccc(/C=C/C(=O)C23CC4CC(CC(C4)C2)C3)cc1. The predicted octanol–water partition coefficient (Wildman–Crippen LogP) is 5.27. The minimum Gasteiger partial charge on any atom is -0.491 e. The third kappa shape index (κ3) is 3.03. The lowest BCUT2D eigenvalue weighted by Crippen LogP contribution is -2.49. The fraction of sp³-hybridized carbons (Fsp3) is 0.591. The normalized spacial score (nSPS) is 34.2. The van der Waals surface area contributed by atoms with Crippen LogP contribution in [0.1, 0.15) is 57.9 Å². The standard InChI is InChI=1S/C22H28O2/c1-15(2)24-20-6-3-16(4-7-20)5-8-21(23)22-12-17-9-18(13-22)11-19(10-17)14-22/h3-8,15,17-19H,9-14H2,1-2H3/b8-5+. The summed E-state index contributed by atoms with van der Waals surface area (Å²) in [6, 6.07) is 8.02. The summed E-state index contributed by atoms with van der Waals surface area (Å²) < 4.78 is 5.67. The van der Waals surface area contributed by atoms with E-state index in [-0.39, 0.29) is 11.5 Å². The first-order valence-electron chi connectivity index (χ1n) is 9.52. The second-order valence-electron chi connectivity index (χ2n) is 8.63. The Bertz CT molecular complexity index is 603. The van der Waals surface area contributed by atoms with Crippen molar-refractivity contribution < 1.29 is 9.53 Å². The van der Waals surface area contributed by atoms with Gasteiger partial charge < -0.3 is 4.74 Å². The van der Waals surface area contributed by atoms with E-state index in [0.29, 0.717) is 5.78 Å². The van der Waals surface area contributed by atoms with E-state index < -0.39 is 0 Å². The summed E-state index contributed by atoms with van der Waals surface area (Å²) in [5.74, 6) is 3.72. The van der Waals surface area contributed by atoms with Crippen LogP contribution in [0.15, 0.2) is 30.3 Å². The zero-order chi connectivity index (χ0) is 16.7. The minimum absolute atomic E-state index is 0.0219. The van der Waals surface area contributed by atoms with Crippen molar-refractivity contribution in [3.63, 3.8) is 0 Å². The van der Waals surface area contributed by atoms with E-state index >= 15 is 0 Å². The Morgan fingerprint density at radius 1 is 1.04 bits per heavy atom. The van der Waals surface area contributed by atoms with Gasteiger partial charge in [0, 0.05) is 5.41 Å². The fourth-order valence-corrected chi connectivity index (χ4v) is 5.69. The van der Waals surface area contributed by atoms with Gasteiger partial charge in [0.15, 0.2) is 5.78 Å². The number of benzene rings is 1. The Kier molecular flexibility index (Phi) is 4.02. The van der Waals surface area contributed by atoms with Crippen molar-refractivity contribution in [2.45, 2.75) is 58.5 Å². The van der Waals surface area contributed by atoms with E-state index in [2.05, 4.69) is 0 Å². The first kappa shape index (κ1) is 15.9. The van der Waals surface area contributed by atoms with Gasteiger partial charge in [-0.1, -0.05) is 18.2 Å². The van der Waals surface area contributed by atoms with Crippen LogP contribution in [0.4, 0.5) is 0 Å². The molecular weight excluding hydrogens is 296 g/mol. The van der Waals surface area contributed by atoms with Gasteiger partial charge in [0.25, 0.3) is 0 Å². The average molecular weight is 324 g/mol. The van der Waals surface area contributed by atoms with Crippen molar-refractivity contribution >= 4 is 11.9 Å². The summed E-state index contributed by atoms with van der Waals surface area (Å²) in [4.78, 5) is 13.0. The van der Waals surface area contributed by atoms with Gasteiger partial charge in [-0.2, -0.15) is 0 Å². The molecule has 4 saturated carbocycles. The molecule has 1 aromatic carbocycles. The van der Waals surface area contributed by atoms with Crippen LogP contribution in [0, 0.1) is 23.2 Å². The summed E-state index contributed by atoms with van der Waals surface area (Å²) >= 11 is 0. The summed E-state index contributed by atoms with van der Waals surface area (Å²) in [7, 11) is 0. The Morgan fingerprint density at radius 2 is 1.58 bits per heavy atom. The molecule has 4 bridgehead atoms. The van der Waals surface area contributed by atoms with Crippen molar-refractivity contribution in [2.75, 3.05) is 0 Å². The molecule has 2 nitrogen and oxygen atoms in total. The van der Waals surface area contributed by atoms with Crippen molar-refractivity contribution in [1.82, 2.24) is 0 Å². The minimum atomic E-state index is -0.0219. The zero-order valence-corrected chi connectivity index (χ0v) is 14.8. The molecule has 0 heterocycles. The van der Waals surface area contributed by atoms with Gasteiger partial charge in [-0.15, -0.1) is 0 Å². The first-order valence-corrected chi connectivity index (χ1v) is 9.52. The number of ether oxygens (including phenoxy) is 1. The molecule has 0 unspecified atom stereocenters. The molecule has 0 spiro atoms. The highest BCUT2D eigenvalue weighted by Crippen LogP contribution is 2.60. The molecule has 4 aliphatic carbocycles. The number of allylic oxidation sites excluding steroid dienone is 1. The lowest BCUT2D eigenvalue weighted by molar-refractivity contribution is -0.138. The fourth-order valence-electron chi connectivity index (χ4n) is 5.69. The van der Waals surface area contributed by atoms with E-state index in [1.807, 2.05) is 50.3 Å². The largest absolute Gasteiger partial charge is 0.491 e. The Balaban J connectivity index is 1.45. The topological polar surface area (TPSA) is 26.3 Å². The maximum atomic E-state index is 13.0. The van der Waals surface area contributed by atoms with Gasteiger partial charge in [-0.25, -0.2) is 0 Å². The van der Waals surface area contributed by atoms with Crippen LogP contribution in [0.2, 0.25) is 0 Å². The molecule has 128 valence electrons. The van der Waals surface area contributed by atoms with Gasteiger partial charge in [0.1, 0.15) is 5.75 Å². The molecule has 0 aromatic heterocycles. The van der Waals surface area contributed by atoms with Gasteiger partial charge in [-0.3, -0.25) is 4.79 Å². The van der Waals surface area contributed by atoms with E-state index in [0.717, 1.165) is 48.3 Å². The number of hydrogen-bond donors (Lipinski definition) is 0. The van der Waals surface area contributed by atoms with Crippen LogP contribution in [0.5, 0.6) is 5.75 Å². The molecule has 24 heavy (non-hydrogen) atoms. The van der Waals surface area contributed by atoms with Gasteiger partial charge >= 0.3 is 0 Å². The number of hydrogen-bond acceptors (Lipinski definition) is 2. The third-order valence-electron chi connectivity index (χ3n) is 6.24. The maximum Gasteiger partial charge on any atom is 0.161 e. The van der Waals surface area contributed by atoms with Gasteiger partial charge in [0.2, 0.25) is 0 Å². The smallest absolute Gasteiger partial charge is 0.161 e. The summed E-state index contributed by atoms with van der Waals surface area (Å²) in [5, 5.41) is 0. The summed E-state index contributed by atoms with van der Waals surface area (Å²) in [6.07, 6.45) is 11.6. The maximum absolute atomic E-state index is 13.0. The molecule has 5 rings (SSSR count). The molecule has 4 fully saturated rings. The highest BCUT2D eigenvalue weighted by molar-refractivity contribution is 5.98. The van der Waals surface area contributed by atoms with E-state index in [4.69, 9.17) is 4.74 Å². The average Bonchev–Trinajstić information content (AvgIpc) is 2.52. The highest BCUT2D eigenvalue weighted by atomic mass is 16.5. The van der Waals surface area contributed by atoms with Crippen LogP contribution in [-0.4, -0.2) is 11.9 Å². The molecule has 4 aliphatic rings. The van der Waals surface area contributed by atoms with Crippen LogP contribution in [0.25, 0.3) is 6.08 Å². The number of carbonyl (C=O) groups is 1. The lowest BCUT2D eigenvalue weighted by Gasteiger charge is -2.55. The molecule has 0 amide bonds. The monoisotopic (exact) mass is 324 g/mol.